The zero-order valence-electron chi connectivity index (χ0n) is 11.4. The number of rotatable bonds is 4. The third-order valence-electron chi connectivity index (χ3n) is 2.80. The van der Waals surface area contributed by atoms with Gasteiger partial charge >= 0.3 is 5.97 Å². The van der Waals surface area contributed by atoms with E-state index in [0.717, 1.165) is 12.1 Å². The summed E-state index contributed by atoms with van der Waals surface area (Å²) in [5, 5.41) is -0.343. The molecule has 1 aromatic carbocycles. The van der Waals surface area contributed by atoms with Gasteiger partial charge in [0.15, 0.2) is 0 Å². The summed E-state index contributed by atoms with van der Waals surface area (Å²) >= 11 is 5.49. The average Bonchev–Trinajstić information content (AvgIpc) is 2.86. The van der Waals surface area contributed by atoms with E-state index in [1.807, 2.05) is 6.92 Å². The quantitative estimate of drug-likeness (QED) is 0.632. The summed E-state index contributed by atoms with van der Waals surface area (Å²) in [4.78, 5) is 15.7. The predicted octanol–water partition coefficient (Wildman–Crippen LogP) is 4.01. The minimum absolute atomic E-state index is 0.107. The molecule has 2 aromatic rings. The van der Waals surface area contributed by atoms with Crippen LogP contribution in [0.5, 0.6) is 0 Å². The minimum Gasteiger partial charge on any atom is -0.463 e. The molecule has 0 aliphatic rings. The smallest absolute Gasteiger partial charge is 0.376 e. The van der Waals surface area contributed by atoms with Gasteiger partial charge in [-0.2, -0.15) is 0 Å². The Morgan fingerprint density at radius 2 is 2.10 bits per heavy atom. The van der Waals surface area contributed by atoms with Gasteiger partial charge in [-0.05, 0) is 18.6 Å². The number of aromatic nitrogens is 1. The van der Waals surface area contributed by atoms with Crippen LogP contribution in [0.1, 0.15) is 29.6 Å². The van der Waals surface area contributed by atoms with Crippen molar-refractivity contribution in [2.45, 2.75) is 19.8 Å². The van der Waals surface area contributed by atoms with Crippen molar-refractivity contribution < 1.29 is 22.7 Å². The number of halogens is 3. The lowest BCUT2D eigenvalue weighted by Crippen LogP contribution is -2.03. The summed E-state index contributed by atoms with van der Waals surface area (Å²) < 4.78 is 37.2. The van der Waals surface area contributed by atoms with Crippen LogP contribution < -0.4 is 0 Å². The largest absolute Gasteiger partial charge is 0.463 e. The van der Waals surface area contributed by atoms with Crippen LogP contribution in [0.3, 0.4) is 0 Å². The molecule has 0 unspecified atom stereocenters. The molecule has 0 aliphatic heterocycles. The van der Waals surface area contributed by atoms with Crippen molar-refractivity contribution in [3.63, 3.8) is 0 Å². The van der Waals surface area contributed by atoms with Crippen molar-refractivity contribution in [3.05, 3.63) is 40.2 Å². The number of esters is 1. The topological polar surface area (TPSA) is 52.3 Å². The second kappa shape index (κ2) is 6.22. The summed E-state index contributed by atoms with van der Waals surface area (Å²) in [5.41, 5.74) is 0.138. The molecule has 1 heterocycles. The fourth-order valence-electron chi connectivity index (χ4n) is 1.81. The first-order valence-electron chi connectivity index (χ1n) is 6.20. The van der Waals surface area contributed by atoms with Gasteiger partial charge in [-0.15, -0.1) is 0 Å². The standard InChI is InChI=1S/C14H12ClF2NO3/c1-3-4-11-12(14(19)20-2)21-13(18-11)7-5-10(17)8(15)6-9(7)16/h5-6H,3-4H2,1-2H3. The molecule has 112 valence electrons. The fourth-order valence-corrected chi connectivity index (χ4v) is 1.96. The fraction of sp³-hybridized carbons (Fsp3) is 0.286. The van der Waals surface area contributed by atoms with Crippen molar-refractivity contribution >= 4 is 17.6 Å². The van der Waals surface area contributed by atoms with Crippen LogP contribution in [-0.2, 0) is 11.2 Å². The summed E-state index contributed by atoms with van der Waals surface area (Å²) in [6, 6.07) is 1.70. The van der Waals surface area contributed by atoms with E-state index in [1.54, 1.807) is 0 Å². The Hall–Kier alpha value is -1.95. The first-order valence-corrected chi connectivity index (χ1v) is 6.58. The molecule has 0 amide bonds. The highest BCUT2D eigenvalue weighted by Crippen LogP contribution is 2.29. The molecule has 2 rings (SSSR count). The van der Waals surface area contributed by atoms with Crippen molar-refractivity contribution in [2.75, 3.05) is 7.11 Å². The van der Waals surface area contributed by atoms with Gasteiger partial charge in [0, 0.05) is 0 Å². The predicted molar refractivity (Wildman–Crippen MR) is 72.2 cm³/mol. The minimum atomic E-state index is -0.803. The van der Waals surface area contributed by atoms with Crippen molar-refractivity contribution in [2.24, 2.45) is 0 Å². The summed E-state index contributed by atoms with van der Waals surface area (Å²) in [7, 11) is 1.20. The third-order valence-corrected chi connectivity index (χ3v) is 3.08. The number of methoxy groups -OCH3 is 1. The van der Waals surface area contributed by atoms with E-state index in [1.165, 1.54) is 7.11 Å². The Balaban J connectivity index is 2.54. The van der Waals surface area contributed by atoms with Crippen LogP contribution in [-0.4, -0.2) is 18.1 Å². The van der Waals surface area contributed by atoms with Gasteiger partial charge in [-0.3, -0.25) is 0 Å². The van der Waals surface area contributed by atoms with Gasteiger partial charge < -0.3 is 9.15 Å². The van der Waals surface area contributed by atoms with Crippen LogP contribution in [0.25, 0.3) is 11.5 Å². The molecule has 7 heteroatoms. The van der Waals surface area contributed by atoms with E-state index in [4.69, 9.17) is 16.0 Å². The van der Waals surface area contributed by atoms with Gasteiger partial charge in [-0.1, -0.05) is 24.9 Å². The second-order valence-corrected chi connectivity index (χ2v) is 4.69. The summed E-state index contributed by atoms with van der Waals surface area (Å²) in [6.45, 7) is 1.89. The number of aryl methyl sites for hydroxylation is 1. The van der Waals surface area contributed by atoms with E-state index < -0.39 is 17.6 Å². The van der Waals surface area contributed by atoms with Gasteiger partial charge in [-0.25, -0.2) is 18.6 Å². The van der Waals surface area contributed by atoms with Crippen LogP contribution in [0.15, 0.2) is 16.5 Å². The van der Waals surface area contributed by atoms with E-state index >= 15 is 0 Å². The Morgan fingerprint density at radius 3 is 2.71 bits per heavy atom. The summed E-state index contributed by atoms with van der Waals surface area (Å²) in [6.07, 6.45) is 1.15. The highest BCUT2D eigenvalue weighted by Gasteiger charge is 2.23. The molecule has 0 bridgehead atoms. The van der Waals surface area contributed by atoms with Gasteiger partial charge in [0.25, 0.3) is 0 Å². The Kier molecular flexibility index (Phi) is 4.57. The van der Waals surface area contributed by atoms with Crippen molar-refractivity contribution in [1.82, 2.24) is 4.98 Å². The number of hydrogen-bond acceptors (Lipinski definition) is 4. The highest BCUT2D eigenvalue weighted by molar-refractivity contribution is 6.30. The molecule has 0 radical (unpaired) electrons. The monoisotopic (exact) mass is 315 g/mol. The van der Waals surface area contributed by atoms with E-state index in [0.29, 0.717) is 18.5 Å². The molecule has 0 spiro atoms. The number of carbonyl (C=O) groups excluding carboxylic acids is 1. The molecule has 0 saturated heterocycles. The zero-order valence-corrected chi connectivity index (χ0v) is 12.1. The number of nitrogens with zero attached hydrogens (tertiary/aromatic N) is 1. The number of oxazole rings is 1. The van der Waals surface area contributed by atoms with E-state index in [2.05, 4.69) is 9.72 Å². The average molecular weight is 316 g/mol. The molecule has 0 atom stereocenters. The van der Waals surface area contributed by atoms with Crippen LogP contribution in [0.2, 0.25) is 5.02 Å². The molecule has 0 N–H and O–H groups in total. The normalized spacial score (nSPS) is 10.7. The van der Waals surface area contributed by atoms with Crippen molar-refractivity contribution in [1.29, 1.82) is 0 Å². The van der Waals surface area contributed by atoms with Crippen molar-refractivity contribution in [3.8, 4) is 11.5 Å². The Labute approximate surface area is 124 Å². The number of carbonyl (C=O) groups is 1. The zero-order chi connectivity index (χ0) is 15.6. The van der Waals surface area contributed by atoms with E-state index in [9.17, 15) is 13.6 Å². The van der Waals surface area contributed by atoms with Crippen LogP contribution >= 0.6 is 11.6 Å². The Morgan fingerprint density at radius 1 is 1.38 bits per heavy atom. The SMILES string of the molecule is CCCc1nc(-c2cc(F)c(Cl)cc2F)oc1C(=O)OC. The lowest BCUT2D eigenvalue weighted by molar-refractivity contribution is 0.0564. The lowest BCUT2D eigenvalue weighted by atomic mass is 10.2. The Bertz CT molecular complexity index is 685. The van der Waals surface area contributed by atoms with Crippen LogP contribution in [0, 0.1) is 11.6 Å². The van der Waals surface area contributed by atoms with Crippen LogP contribution in [0.4, 0.5) is 8.78 Å². The second-order valence-electron chi connectivity index (χ2n) is 4.28. The molecule has 1 aromatic heterocycles. The maximum absolute atomic E-state index is 13.9. The lowest BCUT2D eigenvalue weighted by Gasteiger charge is -2.00. The molecular formula is C14H12ClF2NO3. The van der Waals surface area contributed by atoms with Gasteiger partial charge in [0.2, 0.25) is 11.7 Å². The first-order chi connectivity index (χ1) is 9.97. The number of hydrogen-bond donors (Lipinski definition) is 0. The molecule has 0 fully saturated rings. The molecule has 0 aliphatic carbocycles. The molecular weight excluding hydrogens is 304 g/mol. The number of benzene rings is 1. The maximum atomic E-state index is 13.9. The number of ether oxygens (including phenoxy) is 1. The first kappa shape index (κ1) is 15.4. The maximum Gasteiger partial charge on any atom is 0.376 e. The third kappa shape index (κ3) is 3.05. The summed E-state index contributed by atoms with van der Waals surface area (Å²) in [5.74, 6) is -2.60. The van der Waals surface area contributed by atoms with Gasteiger partial charge in [0.1, 0.15) is 11.6 Å². The van der Waals surface area contributed by atoms with E-state index in [-0.39, 0.29) is 22.2 Å². The van der Waals surface area contributed by atoms with Gasteiger partial charge in [0.05, 0.1) is 23.4 Å². The molecule has 21 heavy (non-hydrogen) atoms. The molecule has 0 saturated carbocycles. The highest BCUT2D eigenvalue weighted by atomic mass is 35.5. The molecule has 4 nitrogen and oxygen atoms in total.